The molecule has 286 valence electrons. The molecule has 0 bridgehead atoms. The van der Waals surface area contributed by atoms with E-state index < -0.39 is 64.4 Å². The summed E-state index contributed by atoms with van der Waals surface area (Å²) in [5.41, 5.74) is 6.60. The first-order valence-electron chi connectivity index (χ1n) is 17.6. The van der Waals surface area contributed by atoms with Crippen molar-refractivity contribution in [1.82, 2.24) is 5.32 Å². The fourth-order valence-corrected chi connectivity index (χ4v) is 8.04. The minimum atomic E-state index is -4.35. The summed E-state index contributed by atoms with van der Waals surface area (Å²) in [7, 11) is -4.35. The normalized spacial score (nSPS) is 21.8. The smallest absolute Gasteiger partial charge is 0.294 e. The molecule has 1 amide bonds. The van der Waals surface area contributed by atoms with E-state index in [9.17, 15) is 38.2 Å². The summed E-state index contributed by atoms with van der Waals surface area (Å²) in [5, 5.41) is 55.3. The van der Waals surface area contributed by atoms with Gasteiger partial charge in [-0.3, -0.25) is 9.35 Å². The number of aliphatic hydroxyl groups is 5. The van der Waals surface area contributed by atoms with Gasteiger partial charge in [0.2, 0.25) is 5.69 Å². The molecule has 2 aliphatic heterocycles. The lowest BCUT2D eigenvalue weighted by atomic mass is 9.81. The number of anilines is 1. The van der Waals surface area contributed by atoms with Gasteiger partial charge in [-0.05, 0) is 93.2 Å². The first-order valence-corrected chi connectivity index (χ1v) is 19.4. The van der Waals surface area contributed by atoms with Crippen LogP contribution in [-0.2, 0) is 20.9 Å². The number of aliphatic hydroxyl groups excluding tert-OH is 5. The summed E-state index contributed by atoms with van der Waals surface area (Å²) in [4.78, 5) is 12.8. The second kappa shape index (κ2) is 15.6. The van der Waals surface area contributed by atoms with Gasteiger partial charge in [-0.2, -0.15) is 13.0 Å². The topological polar surface area (TPSA) is 200 Å². The molecule has 0 saturated carbocycles. The Morgan fingerprint density at radius 3 is 2.32 bits per heavy atom. The quantitative estimate of drug-likeness (QED) is 0.116. The minimum Gasteiger partial charge on any atom is -0.394 e. The number of carbonyl (C=O) groups is 1. The van der Waals surface area contributed by atoms with Crippen LogP contribution in [-0.4, -0.2) is 98.8 Å². The van der Waals surface area contributed by atoms with Crippen LogP contribution in [0.5, 0.6) is 0 Å². The van der Waals surface area contributed by atoms with Crippen LogP contribution >= 0.6 is 11.6 Å². The Kier molecular flexibility index (Phi) is 11.9. The maximum atomic E-state index is 13.0. The Labute approximate surface area is 315 Å². The molecule has 1 aliphatic carbocycles. The summed E-state index contributed by atoms with van der Waals surface area (Å²) in [5.74, 6) is -0.501. The zero-order chi connectivity index (χ0) is 39.0. The van der Waals surface area contributed by atoms with Gasteiger partial charge in [-0.15, -0.1) is 0 Å². The highest BCUT2D eigenvalue weighted by atomic mass is 35.5. The molecule has 12 nitrogen and oxygen atoms in total. The lowest BCUT2D eigenvalue weighted by Crippen LogP contribution is -2.49. The Hall–Kier alpha value is -3.66. The summed E-state index contributed by atoms with van der Waals surface area (Å²) < 4.78 is 35.6. The van der Waals surface area contributed by atoms with E-state index in [0.29, 0.717) is 17.1 Å². The van der Waals surface area contributed by atoms with Gasteiger partial charge < -0.3 is 36.2 Å². The molecule has 0 saturated heterocycles. The van der Waals surface area contributed by atoms with Crippen molar-refractivity contribution < 1.29 is 47.9 Å². The van der Waals surface area contributed by atoms with Gasteiger partial charge in [0.1, 0.15) is 24.9 Å². The highest BCUT2D eigenvalue weighted by Crippen LogP contribution is 2.45. The summed E-state index contributed by atoms with van der Waals surface area (Å²) >= 11 is 7.03. The lowest BCUT2D eigenvalue weighted by molar-refractivity contribution is -0.433. The van der Waals surface area contributed by atoms with Gasteiger partial charge >= 0.3 is 0 Å². The Balaban J connectivity index is 1.33. The monoisotopic (exact) mass is 770 g/mol. The largest absolute Gasteiger partial charge is 0.394 e. The van der Waals surface area contributed by atoms with Crippen molar-refractivity contribution in [2.24, 2.45) is 0 Å². The SMILES string of the molecule is CC[N+]1=C(/C=C/C2=C(Cl)C(=C/C=C3/Nc4ccc(C(=O)NCC(O)C(O)C(O)C(O)CO)cc4C3(C)C)/CCC2)C(C)(C)c2cc(S(=O)(=O)O)ccc21. The van der Waals surface area contributed by atoms with Crippen LogP contribution in [0.2, 0.25) is 0 Å². The molecule has 8 N–H and O–H groups in total. The molecule has 4 atom stereocenters. The molecule has 0 fully saturated rings. The number of halogens is 1. The van der Waals surface area contributed by atoms with E-state index in [1.165, 1.54) is 6.07 Å². The van der Waals surface area contributed by atoms with Crippen molar-refractivity contribution in [3.8, 4) is 0 Å². The third kappa shape index (κ3) is 8.08. The van der Waals surface area contributed by atoms with Crippen LogP contribution in [0.4, 0.5) is 11.4 Å². The number of nitrogens with zero attached hydrogens (tertiary/aromatic N) is 1. The highest BCUT2D eigenvalue weighted by molar-refractivity contribution is 7.85. The Morgan fingerprint density at radius 2 is 1.66 bits per heavy atom. The van der Waals surface area contributed by atoms with Crippen LogP contribution < -0.4 is 10.6 Å². The fraction of sp³-hybridized carbons (Fsp3) is 0.436. The minimum absolute atomic E-state index is 0.133. The first-order chi connectivity index (χ1) is 24.8. The first kappa shape index (κ1) is 40.5. The van der Waals surface area contributed by atoms with Crippen LogP contribution in [0.1, 0.15) is 75.4 Å². The summed E-state index contributed by atoms with van der Waals surface area (Å²) in [6.45, 7) is 9.65. The molecule has 5 rings (SSSR count). The zero-order valence-electron chi connectivity index (χ0n) is 30.5. The van der Waals surface area contributed by atoms with Gasteiger partial charge in [0.15, 0.2) is 5.71 Å². The van der Waals surface area contributed by atoms with E-state index in [4.69, 9.17) is 16.7 Å². The molecule has 2 aromatic rings. The van der Waals surface area contributed by atoms with Crippen LogP contribution in [0, 0.1) is 0 Å². The number of hydrogen-bond donors (Lipinski definition) is 8. The number of nitrogens with one attached hydrogen (secondary N) is 2. The average Bonchev–Trinajstić information content (AvgIpc) is 3.51. The number of carbonyl (C=O) groups excluding carboxylic acids is 1. The van der Waals surface area contributed by atoms with E-state index in [0.717, 1.165) is 64.3 Å². The van der Waals surface area contributed by atoms with Crippen molar-refractivity contribution in [2.75, 3.05) is 25.0 Å². The van der Waals surface area contributed by atoms with Crippen molar-refractivity contribution in [2.45, 2.75) is 94.0 Å². The predicted molar refractivity (Wildman–Crippen MR) is 203 cm³/mol. The molecular weight excluding hydrogens is 722 g/mol. The molecule has 0 aromatic heterocycles. The molecular formula is C39H49ClN3O9S+. The molecule has 53 heavy (non-hydrogen) atoms. The Morgan fingerprint density at radius 1 is 0.962 bits per heavy atom. The van der Waals surface area contributed by atoms with Crippen LogP contribution in [0.25, 0.3) is 0 Å². The lowest BCUT2D eigenvalue weighted by Gasteiger charge is -2.25. The fourth-order valence-electron chi connectivity index (χ4n) is 7.22. The maximum absolute atomic E-state index is 13.0. The second-order valence-electron chi connectivity index (χ2n) is 14.7. The molecule has 3 aliphatic rings. The van der Waals surface area contributed by atoms with Gasteiger partial charge in [-0.25, -0.2) is 0 Å². The maximum Gasteiger partial charge on any atom is 0.294 e. The van der Waals surface area contributed by atoms with E-state index in [2.05, 4.69) is 21.3 Å². The third-order valence-corrected chi connectivity index (χ3v) is 11.9. The van der Waals surface area contributed by atoms with E-state index >= 15 is 0 Å². The zero-order valence-corrected chi connectivity index (χ0v) is 32.0. The van der Waals surface area contributed by atoms with Crippen molar-refractivity contribution in [3.63, 3.8) is 0 Å². The van der Waals surface area contributed by atoms with E-state index in [1.54, 1.807) is 30.3 Å². The number of amides is 1. The number of benzene rings is 2. The van der Waals surface area contributed by atoms with E-state index in [1.807, 2.05) is 52.8 Å². The van der Waals surface area contributed by atoms with Crippen molar-refractivity contribution >= 4 is 44.7 Å². The van der Waals surface area contributed by atoms with Crippen LogP contribution in [0.15, 0.2) is 87.5 Å². The van der Waals surface area contributed by atoms with Gasteiger partial charge in [0.05, 0.1) is 23.0 Å². The Bertz CT molecular complexity index is 2050. The average molecular weight is 771 g/mol. The third-order valence-electron chi connectivity index (χ3n) is 10.5. The number of allylic oxidation sites excluding steroid dienone is 8. The molecule has 2 aromatic carbocycles. The molecule has 4 unspecified atom stereocenters. The van der Waals surface area contributed by atoms with Crippen LogP contribution in [0.3, 0.4) is 0 Å². The molecule has 2 heterocycles. The highest BCUT2D eigenvalue weighted by Gasteiger charge is 2.44. The van der Waals surface area contributed by atoms with E-state index in [-0.39, 0.29) is 4.90 Å². The van der Waals surface area contributed by atoms with Crippen molar-refractivity contribution in [3.05, 3.63) is 99.3 Å². The number of fused-ring (bicyclic) bond motifs is 2. The molecule has 0 spiro atoms. The van der Waals surface area contributed by atoms with Gasteiger partial charge in [0.25, 0.3) is 16.0 Å². The number of hydrogen-bond acceptors (Lipinski definition) is 9. The standard InChI is InChI=1S/C39H48ClN3O9S/c1-6-43-29-15-13-25(53(50,51)52)19-27(29)39(4,5)33(43)17-12-23-9-7-8-22(34(23)40)11-16-32-38(2,3)26-18-24(10-14-28(26)42-32)37(49)41-20-30(45)35(47)36(48)31(46)21-44/h10-19,30-31,35-36,44-48H,6-9,20-21H2,1-5H3,(H2,41,49,50,51,52)/p+1. The van der Waals surface area contributed by atoms with Gasteiger partial charge in [-0.1, -0.05) is 37.6 Å². The predicted octanol–water partition coefficient (Wildman–Crippen LogP) is 3.94. The summed E-state index contributed by atoms with van der Waals surface area (Å²) in [6.07, 6.45) is 3.82. The molecule has 0 radical (unpaired) electrons. The van der Waals surface area contributed by atoms with Crippen molar-refractivity contribution in [1.29, 1.82) is 0 Å². The summed E-state index contributed by atoms with van der Waals surface area (Å²) in [6, 6.07) is 9.90. The second-order valence-corrected chi connectivity index (χ2v) is 16.5. The molecule has 14 heteroatoms. The number of rotatable bonds is 12. The van der Waals surface area contributed by atoms with Gasteiger partial charge in [0, 0.05) is 51.6 Å².